The van der Waals surface area contributed by atoms with Crippen LogP contribution in [0.3, 0.4) is 0 Å². The van der Waals surface area contributed by atoms with Gasteiger partial charge in [0.15, 0.2) is 6.10 Å². The Kier molecular flexibility index (Phi) is 6.29. The minimum atomic E-state index is -0.733. The van der Waals surface area contributed by atoms with Crippen LogP contribution >= 0.6 is 0 Å². The molecule has 1 N–H and O–H groups in total. The number of ether oxygens (including phenoxy) is 2. The molecule has 0 spiro atoms. The van der Waals surface area contributed by atoms with Gasteiger partial charge in [0.05, 0.1) is 18.2 Å². The first-order chi connectivity index (χ1) is 11.2. The van der Waals surface area contributed by atoms with Crippen molar-refractivity contribution >= 4 is 17.6 Å². The lowest BCUT2D eigenvalue weighted by molar-refractivity contribution is -0.145. The normalized spacial score (nSPS) is 20.3. The molecule has 6 nitrogen and oxygen atoms in total. The van der Waals surface area contributed by atoms with Gasteiger partial charge in [0, 0.05) is 7.11 Å². The smallest absolute Gasteiger partial charge is 0.314 e. The molecule has 1 aromatic rings. The fraction of sp³-hybridized carbons (Fsp3) is 0.471. The van der Waals surface area contributed by atoms with Gasteiger partial charge < -0.3 is 9.47 Å². The van der Waals surface area contributed by atoms with Gasteiger partial charge in [-0.05, 0) is 31.7 Å². The first-order valence-electron chi connectivity index (χ1n) is 7.78. The molecule has 0 aliphatic heterocycles. The summed E-state index contributed by atoms with van der Waals surface area (Å²) in [6.45, 7) is 2.11. The molecule has 0 saturated heterocycles. The number of benzene rings is 1. The van der Waals surface area contributed by atoms with Crippen LogP contribution in [0.5, 0.6) is 0 Å². The largest absolute Gasteiger partial charge is 0.465 e. The Morgan fingerprint density at radius 1 is 1.35 bits per heavy atom. The Labute approximate surface area is 135 Å². The Hall–Kier alpha value is -2.21. The standard InChI is InChI=1S/C17H22N2O4/c1-3-23-17(21)13-10-7-11-14(13)18-19-16(20)15(22-2)12-8-5-4-6-9-12/h4-6,8-9,13,15H,3,7,10-11H2,1-2H3,(H,19,20)/b18-14-/t13-,15+/m0/s1. The zero-order valence-corrected chi connectivity index (χ0v) is 13.5. The minimum absolute atomic E-state index is 0.274. The Balaban J connectivity index is 2.03. The SMILES string of the molecule is CCOC(=O)[C@H]1CCC/C1=N/NC(=O)[C@H](OC)c1ccccc1. The zero-order valence-electron chi connectivity index (χ0n) is 13.5. The third kappa shape index (κ3) is 4.39. The second-order valence-electron chi connectivity index (χ2n) is 5.30. The summed E-state index contributed by atoms with van der Waals surface area (Å²) in [5.74, 6) is -0.988. The predicted molar refractivity (Wildman–Crippen MR) is 85.7 cm³/mol. The molecule has 124 valence electrons. The summed E-state index contributed by atoms with van der Waals surface area (Å²) < 4.78 is 10.3. The van der Waals surface area contributed by atoms with Crippen LogP contribution in [0.25, 0.3) is 0 Å². The first-order valence-corrected chi connectivity index (χ1v) is 7.78. The second-order valence-corrected chi connectivity index (χ2v) is 5.30. The summed E-state index contributed by atoms with van der Waals surface area (Å²) in [5.41, 5.74) is 3.93. The molecular weight excluding hydrogens is 296 g/mol. The number of carbonyl (C=O) groups is 2. The van der Waals surface area contributed by atoms with Crippen LogP contribution in [0.1, 0.15) is 37.9 Å². The zero-order chi connectivity index (χ0) is 16.7. The van der Waals surface area contributed by atoms with Crippen molar-refractivity contribution in [3.63, 3.8) is 0 Å². The molecule has 1 amide bonds. The third-order valence-corrected chi connectivity index (χ3v) is 3.78. The molecule has 1 fully saturated rings. The summed E-state index contributed by atoms with van der Waals surface area (Å²) in [4.78, 5) is 24.1. The maximum atomic E-state index is 12.3. The molecule has 1 aliphatic carbocycles. The predicted octanol–water partition coefficient (Wildman–Crippen LogP) is 2.21. The van der Waals surface area contributed by atoms with Gasteiger partial charge in [0.1, 0.15) is 0 Å². The maximum Gasteiger partial charge on any atom is 0.314 e. The molecule has 0 unspecified atom stereocenters. The van der Waals surface area contributed by atoms with Crippen LogP contribution in [0.2, 0.25) is 0 Å². The molecule has 1 aliphatic rings. The maximum absolute atomic E-state index is 12.3. The van der Waals surface area contributed by atoms with E-state index in [1.165, 1.54) is 7.11 Å². The van der Waals surface area contributed by atoms with Crippen molar-refractivity contribution < 1.29 is 19.1 Å². The van der Waals surface area contributed by atoms with Gasteiger partial charge in [-0.2, -0.15) is 5.10 Å². The van der Waals surface area contributed by atoms with Gasteiger partial charge >= 0.3 is 5.97 Å². The van der Waals surface area contributed by atoms with Crippen LogP contribution in [0.15, 0.2) is 35.4 Å². The van der Waals surface area contributed by atoms with E-state index in [2.05, 4.69) is 10.5 Å². The van der Waals surface area contributed by atoms with Gasteiger partial charge in [0.2, 0.25) is 0 Å². The lowest BCUT2D eigenvalue weighted by atomic mass is 10.1. The van der Waals surface area contributed by atoms with Gasteiger partial charge in [-0.3, -0.25) is 9.59 Å². The van der Waals surface area contributed by atoms with Crippen LogP contribution in [-0.2, 0) is 19.1 Å². The number of hydrogen-bond donors (Lipinski definition) is 1. The Morgan fingerprint density at radius 3 is 2.74 bits per heavy atom. The van der Waals surface area contributed by atoms with Crippen molar-refractivity contribution in [3.05, 3.63) is 35.9 Å². The number of hydrazone groups is 1. The fourth-order valence-corrected chi connectivity index (χ4v) is 2.67. The van der Waals surface area contributed by atoms with E-state index >= 15 is 0 Å². The average Bonchev–Trinajstić information content (AvgIpc) is 3.03. The van der Waals surface area contributed by atoms with Crippen LogP contribution in [0.4, 0.5) is 0 Å². The summed E-state index contributed by atoms with van der Waals surface area (Å²) in [6, 6.07) is 9.19. The quantitative estimate of drug-likeness (QED) is 0.644. The Morgan fingerprint density at radius 2 is 2.09 bits per heavy atom. The van der Waals surface area contributed by atoms with Crippen molar-refractivity contribution in [1.82, 2.24) is 5.43 Å². The second kappa shape index (κ2) is 8.43. The molecule has 0 aromatic heterocycles. The number of rotatable bonds is 6. The van der Waals surface area contributed by atoms with Crippen LogP contribution < -0.4 is 5.43 Å². The number of methoxy groups -OCH3 is 1. The van der Waals surface area contributed by atoms with E-state index in [1.54, 1.807) is 6.92 Å². The number of nitrogens with zero attached hydrogens (tertiary/aromatic N) is 1. The van der Waals surface area contributed by atoms with Crippen LogP contribution in [-0.4, -0.2) is 31.3 Å². The molecule has 1 saturated carbocycles. The van der Waals surface area contributed by atoms with Gasteiger partial charge in [0.25, 0.3) is 5.91 Å². The monoisotopic (exact) mass is 318 g/mol. The summed E-state index contributed by atoms with van der Waals surface area (Å²) in [7, 11) is 1.47. The lowest BCUT2D eigenvalue weighted by Crippen LogP contribution is -2.29. The molecule has 2 rings (SSSR count). The highest BCUT2D eigenvalue weighted by molar-refractivity contribution is 6.04. The van der Waals surface area contributed by atoms with Gasteiger partial charge in [-0.25, -0.2) is 5.43 Å². The number of amides is 1. The highest BCUT2D eigenvalue weighted by atomic mass is 16.5. The average molecular weight is 318 g/mol. The van der Waals surface area contributed by atoms with E-state index in [4.69, 9.17) is 9.47 Å². The molecule has 0 heterocycles. The number of carbonyl (C=O) groups excluding carboxylic acids is 2. The van der Waals surface area contributed by atoms with Gasteiger partial charge in [-0.1, -0.05) is 30.3 Å². The van der Waals surface area contributed by atoms with Crippen LogP contribution in [0, 0.1) is 5.92 Å². The van der Waals surface area contributed by atoms with E-state index in [0.717, 1.165) is 12.0 Å². The van der Waals surface area contributed by atoms with E-state index in [0.29, 0.717) is 25.2 Å². The molecule has 1 aromatic carbocycles. The lowest BCUT2D eigenvalue weighted by Gasteiger charge is -2.15. The molecule has 23 heavy (non-hydrogen) atoms. The van der Waals surface area contributed by atoms with E-state index in [1.807, 2.05) is 30.3 Å². The van der Waals surface area contributed by atoms with E-state index < -0.39 is 6.10 Å². The Bertz CT molecular complexity index is 571. The highest BCUT2D eigenvalue weighted by Gasteiger charge is 2.31. The van der Waals surface area contributed by atoms with Crippen molar-refractivity contribution in [1.29, 1.82) is 0 Å². The van der Waals surface area contributed by atoms with Gasteiger partial charge in [-0.15, -0.1) is 0 Å². The van der Waals surface area contributed by atoms with E-state index in [-0.39, 0.29) is 17.8 Å². The first kappa shape index (κ1) is 17.1. The number of hydrogen-bond acceptors (Lipinski definition) is 5. The van der Waals surface area contributed by atoms with Crippen molar-refractivity contribution in [2.75, 3.05) is 13.7 Å². The molecular formula is C17H22N2O4. The summed E-state index contributed by atoms with van der Waals surface area (Å²) in [6.07, 6.45) is 1.53. The number of nitrogens with one attached hydrogen (secondary N) is 1. The summed E-state index contributed by atoms with van der Waals surface area (Å²) >= 11 is 0. The topological polar surface area (TPSA) is 77.0 Å². The van der Waals surface area contributed by atoms with E-state index in [9.17, 15) is 9.59 Å². The molecule has 0 radical (unpaired) electrons. The summed E-state index contributed by atoms with van der Waals surface area (Å²) in [5, 5.41) is 4.14. The highest BCUT2D eigenvalue weighted by Crippen LogP contribution is 2.24. The van der Waals surface area contributed by atoms with Crippen molar-refractivity contribution in [2.45, 2.75) is 32.3 Å². The number of esters is 1. The molecule has 2 atom stereocenters. The van der Waals surface area contributed by atoms with Crippen molar-refractivity contribution in [2.24, 2.45) is 11.0 Å². The van der Waals surface area contributed by atoms with Crippen molar-refractivity contribution in [3.8, 4) is 0 Å². The minimum Gasteiger partial charge on any atom is -0.465 e. The fourth-order valence-electron chi connectivity index (χ4n) is 2.67. The molecule has 0 bridgehead atoms. The third-order valence-electron chi connectivity index (χ3n) is 3.78. The molecule has 6 heteroatoms.